The van der Waals surface area contributed by atoms with Crippen molar-refractivity contribution in [3.05, 3.63) is 28.8 Å². The van der Waals surface area contributed by atoms with Gasteiger partial charge in [-0.2, -0.15) is 0 Å². The van der Waals surface area contributed by atoms with E-state index in [1.165, 1.54) is 24.0 Å². The summed E-state index contributed by atoms with van der Waals surface area (Å²) in [5.74, 6) is 0.917. The normalized spacial score (nSPS) is 23.9. The Bertz CT molecular complexity index is 384. The molecule has 0 saturated heterocycles. The summed E-state index contributed by atoms with van der Waals surface area (Å²) in [5, 5.41) is 9.99. The van der Waals surface area contributed by atoms with Crippen LogP contribution in [0.4, 0.5) is 0 Å². The fourth-order valence-corrected chi connectivity index (χ4v) is 2.62. The number of fused-ring (bicyclic) bond motifs is 2. The van der Waals surface area contributed by atoms with E-state index in [-0.39, 0.29) is 6.10 Å². The van der Waals surface area contributed by atoms with Gasteiger partial charge < -0.3 is 9.84 Å². The highest BCUT2D eigenvalue weighted by molar-refractivity contribution is 5.46. The Morgan fingerprint density at radius 1 is 1.13 bits per heavy atom. The molecule has 2 nitrogen and oxygen atoms in total. The van der Waals surface area contributed by atoms with Crippen molar-refractivity contribution >= 4 is 0 Å². The lowest BCUT2D eigenvalue weighted by molar-refractivity contribution is 0.167. The third kappa shape index (κ3) is 1.53. The number of ether oxygens (including phenoxy) is 1. The van der Waals surface area contributed by atoms with E-state index in [0.29, 0.717) is 0 Å². The summed E-state index contributed by atoms with van der Waals surface area (Å²) in [6.45, 7) is 0.739. The second kappa shape index (κ2) is 3.53. The van der Waals surface area contributed by atoms with Crippen molar-refractivity contribution in [2.75, 3.05) is 6.61 Å². The maximum Gasteiger partial charge on any atom is 0.125 e. The standard InChI is InChI=1S/C13H16O2/c14-12-5-2-6-15-13-8-10-4-1-3-9(10)7-11(12)13/h7-8,12,14H,1-6H2/t12-/m1/s1. The SMILES string of the molecule is O[C@@H]1CCCOc2cc3c(cc21)CCC3. The zero-order valence-electron chi connectivity index (χ0n) is 8.83. The fourth-order valence-electron chi connectivity index (χ4n) is 2.62. The van der Waals surface area contributed by atoms with Crippen LogP contribution in [0.1, 0.15) is 42.1 Å². The van der Waals surface area contributed by atoms with Crippen molar-refractivity contribution in [3.63, 3.8) is 0 Å². The van der Waals surface area contributed by atoms with E-state index in [2.05, 4.69) is 12.1 Å². The molecule has 15 heavy (non-hydrogen) atoms. The van der Waals surface area contributed by atoms with E-state index >= 15 is 0 Å². The summed E-state index contributed by atoms with van der Waals surface area (Å²) >= 11 is 0. The average Bonchev–Trinajstić information content (AvgIpc) is 2.62. The van der Waals surface area contributed by atoms with Crippen LogP contribution in [0.15, 0.2) is 12.1 Å². The van der Waals surface area contributed by atoms with Gasteiger partial charge in [0.1, 0.15) is 5.75 Å². The summed E-state index contributed by atoms with van der Waals surface area (Å²) in [7, 11) is 0. The van der Waals surface area contributed by atoms with Crippen molar-refractivity contribution in [3.8, 4) is 5.75 Å². The van der Waals surface area contributed by atoms with E-state index in [4.69, 9.17) is 4.74 Å². The minimum atomic E-state index is -0.326. The van der Waals surface area contributed by atoms with E-state index in [1.54, 1.807) is 0 Å². The van der Waals surface area contributed by atoms with E-state index in [9.17, 15) is 5.11 Å². The number of benzene rings is 1. The molecule has 2 aliphatic rings. The molecular weight excluding hydrogens is 188 g/mol. The van der Waals surface area contributed by atoms with E-state index in [0.717, 1.165) is 37.2 Å². The van der Waals surface area contributed by atoms with Crippen LogP contribution in [-0.2, 0) is 12.8 Å². The quantitative estimate of drug-likeness (QED) is 0.703. The van der Waals surface area contributed by atoms with Gasteiger partial charge in [0, 0.05) is 5.56 Å². The van der Waals surface area contributed by atoms with E-state index < -0.39 is 0 Å². The molecule has 0 bridgehead atoms. The first-order valence-electron chi connectivity index (χ1n) is 5.81. The van der Waals surface area contributed by atoms with Crippen LogP contribution in [-0.4, -0.2) is 11.7 Å². The van der Waals surface area contributed by atoms with Crippen LogP contribution in [0.2, 0.25) is 0 Å². The number of rotatable bonds is 0. The van der Waals surface area contributed by atoms with E-state index in [1.807, 2.05) is 0 Å². The molecule has 0 aromatic heterocycles. The molecule has 2 heteroatoms. The molecule has 1 aromatic rings. The first-order valence-corrected chi connectivity index (χ1v) is 5.81. The summed E-state index contributed by atoms with van der Waals surface area (Å²) in [5.41, 5.74) is 3.84. The second-order valence-corrected chi connectivity index (χ2v) is 4.52. The maximum atomic E-state index is 9.99. The van der Waals surface area contributed by atoms with Crippen molar-refractivity contribution in [2.24, 2.45) is 0 Å². The number of aliphatic hydroxyl groups excluding tert-OH is 1. The number of aryl methyl sites for hydroxylation is 2. The van der Waals surface area contributed by atoms with Gasteiger partial charge in [-0.3, -0.25) is 0 Å². The summed E-state index contributed by atoms with van der Waals surface area (Å²) < 4.78 is 5.68. The molecular formula is C13H16O2. The van der Waals surface area contributed by atoms with Gasteiger partial charge in [-0.25, -0.2) is 0 Å². The highest BCUT2D eigenvalue weighted by atomic mass is 16.5. The number of hydrogen-bond acceptors (Lipinski definition) is 2. The molecule has 1 aliphatic carbocycles. The number of hydrogen-bond donors (Lipinski definition) is 1. The highest BCUT2D eigenvalue weighted by Crippen LogP contribution is 2.36. The largest absolute Gasteiger partial charge is 0.493 e. The van der Waals surface area contributed by atoms with Crippen LogP contribution in [0.3, 0.4) is 0 Å². The third-order valence-corrected chi connectivity index (χ3v) is 3.46. The third-order valence-electron chi connectivity index (χ3n) is 3.46. The Hall–Kier alpha value is -1.02. The number of aliphatic hydroxyl groups is 1. The molecule has 1 aliphatic heterocycles. The van der Waals surface area contributed by atoms with Crippen LogP contribution in [0, 0.1) is 0 Å². The summed E-state index contributed by atoms with van der Waals surface area (Å²) in [4.78, 5) is 0. The van der Waals surface area contributed by atoms with Crippen molar-refractivity contribution < 1.29 is 9.84 Å². The highest BCUT2D eigenvalue weighted by Gasteiger charge is 2.21. The molecule has 1 atom stereocenters. The topological polar surface area (TPSA) is 29.5 Å². The molecule has 0 unspecified atom stereocenters. The summed E-state index contributed by atoms with van der Waals surface area (Å²) in [6.07, 6.45) is 5.02. The van der Waals surface area contributed by atoms with Gasteiger partial charge in [0.2, 0.25) is 0 Å². The lowest BCUT2D eigenvalue weighted by atomic mass is 10.00. The molecule has 3 rings (SSSR count). The van der Waals surface area contributed by atoms with Crippen LogP contribution < -0.4 is 4.74 Å². The monoisotopic (exact) mass is 204 g/mol. The van der Waals surface area contributed by atoms with Crippen molar-refractivity contribution in [1.82, 2.24) is 0 Å². The fraction of sp³-hybridized carbons (Fsp3) is 0.538. The lowest BCUT2D eigenvalue weighted by Crippen LogP contribution is -1.98. The van der Waals surface area contributed by atoms with Crippen molar-refractivity contribution in [1.29, 1.82) is 0 Å². The zero-order valence-corrected chi connectivity index (χ0v) is 8.83. The molecule has 0 spiro atoms. The minimum Gasteiger partial charge on any atom is -0.493 e. The molecule has 1 aromatic carbocycles. The Morgan fingerprint density at radius 2 is 1.93 bits per heavy atom. The molecule has 1 N–H and O–H groups in total. The first kappa shape index (κ1) is 9.22. The van der Waals surface area contributed by atoms with Gasteiger partial charge >= 0.3 is 0 Å². The predicted octanol–water partition coefficient (Wildman–Crippen LogP) is 2.38. The maximum absolute atomic E-state index is 9.99. The molecule has 0 radical (unpaired) electrons. The lowest BCUT2D eigenvalue weighted by Gasteiger charge is -2.13. The van der Waals surface area contributed by atoms with Gasteiger partial charge in [-0.15, -0.1) is 0 Å². The first-order chi connectivity index (χ1) is 7.34. The average molecular weight is 204 g/mol. The van der Waals surface area contributed by atoms with Gasteiger partial charge in [-0.1, -0.05) is 0 Å². The van der Waals surface area contributed by atoms with Crippen LogP contribution in [0.5, 0.6) is 5.75 Å². The van der Waals surface area contributed by atoms with Crippen LogP contribution in [0.25, 0.3) is 0 Å². The molecule has 1 heterocycles. The molecule has 0 amide bonds. The second-order valence-electron chi connectivity index (χ2n) is 4.52. The molecule has 0 fully saturated rings. The summed E-state index contributed by atoms with van der Waals surface area (Å²) in [6, 6.07) is 4.31. The van der Waals surface area contributed by atoms with Gasteiger partial charge in [-0.05, 0) is 55.4 Å². The Balaban J connectivity index is 2.09. The van der Waals surface area contributed by atoms with Crippen LogP contribution >= 0.6 is 0 Å². The van der Waals surface area contributed by atoms with Gasteiger partial charge in [0.05, 0.1) is 12.7 Å². The van der Waals surface area contributed by atoms with Gasteiger partial charge in [0.15, 0.2) is 0 Å². The molecule has 80 valence electrons. The Labute approximate surface area is 89.9 Å². The molecule has 0 saturated carbocycles. The minimum absolute atomic E-state index is 0.326. The smallest absolute Gasteiger partial charge is 0.125 e. The zero-order chi connectivity index (χ0) is 10.3. The van der Waals surface area contributed by atoms with Gasteiger partial charge in [0.25, 0.3) is 0 Å². The van der Waals surface area contributed by atoms with Crippen molar-refractivity contribution in [2.45, 2.75) is 38.2 Å². The predicted molar refractivity (Wildman–Crippen MR) is 58.2 cm³/mol. The Morgan fingerprint density at radius 3 is 2.80 bits per heavy atom. The Kier molecular flexibility index (Phi) is 2.17.